The number of unbranched alkanes of at least 4 members (excludes halogenated alkanes) is 1. The number of esters is 1. The van der Waals surface area contributed by atoms with E-state index in [0.29, 0.717) is 22.7 Å². The van der Waals surface area contributed by atoms with Crippen LogP contribution in [0, 0.1) is 0 Å². The first kappa shape index (κ1) is 21.8. The molecule has 2 N–H and O–H groups in total. The Morgan fingerprint density at radius 3 is 2.44 bits per heavy atom. The number of hydrogen-bond acceptors (Lipinski definition) is 5. The number of ether oxygens (including phenoxy) is 1. The molecular formula is C18H19Cl3N2O3S. The Hall–Kier alpha value is -1.47. The second-order valence-corrected chi connectivity index (χ2v) is 8.95. The van der Waals surface area contributed by atoms with Crippen molar-refractivity contribution < 1.29 is 14.3 Å². The highest BCUT2D eigenvalue weighted by Gasteiger charge is 2.34. The molecule has 1 aromatic heterocycles. The molecule has 1 atom stereocenters. The molecular weight excluding hydrogens is 431 g/mol. The van der Waals surface area contributed by atoms with Crippen molar-refractivity contribution in [1.82, 2.24) is 5.32 Å². The molecule has 9 heteroatoms. The van der Waals surface area contributed by atoms with E-state index in [1.807, 2.05) is 6.92 Å². The summed E-state index contributed by atoms with van der Waals surface area (Å²) in [7, 11) is 0. The molecule has 2 aromatic rings. The third-order valence-corrected chi connectivity index (χ3v) is 5.03. The summed E-state index contributed by atoms with van der Waals surface area (Å²) in [5, 5.41) is 7.39. The Bertz CT molecular complexity index is 746. The Kier molecular flexibility index (Phi) is 8.23. The minimum atomic E-state index is -1.79. The maximum absolute atomic E-state index is 12.2. The van der Waals surface area contributed by atoms with Crippen LogP contribution in [0.2, 0.25) is 0 Å². The maximum atomic E-state index is 12.2. The minimum absolute atomic E-state index is 0.357. The lowest BCUT2D eigenvalue weighted by Gasteiger charge is -2.27. The van der Waals surface area contributed by atoms with Gasteiger partial charge in [0.2, 0.25) is 3.79 Å². The third-order valence-electron chi connectivity index (χ3n) is 3.51. The Labute approximate surface area is 176 Å². The van der Waals surface area contributed by atoms with Gasteiger partial charge in [-0.25, -0.2) is 4.79 Å². The molecule has 0 aliphatic rings. The highest BCUT2D eigenvalue weighted by atomic mass is 35.6. The first-order valence-electron chi connectivity index (χ1n) is 8.26. The molecule has 0 fully saturated rings. The minimum Gasteiger partial charge on any atom is -0.462 e. The van der Waals surface area contributed by atoms with Gasteiger partial charge < -0.3 is 15.4 Å². The number of rotatable bonds is 8. The second kappa shape index (κ2) is 10.2. The second-order valence-electron chi connectivity index (χ2n) is 5.64. The predicted molar refractivity (Wildman–Crippen MR) is 111 cm³/mol. The van der Waals surface area contributed by atoms with Crippen molar-refractivity contribution in [2.45, 2.75) is 29.7 Å². The van der Waals surface area contributed by atoms with Crippen LogP contribution in [0.5, 0.6) is 0 Å². The molecule has 27 heavy (non-hydrogen) atoms. The first-order valence-corrected chi connectivity index (χ1v) is 10.3. The monoisotopic (exact) mass is 448 g/mol. The smallest absolute Gasteiger partial charge is 0.338 e. The molecule has 1 heterocycles. The van der Waals surface area contributed by atoms with Crippen LogP contribution in [0.25, 0.3) is 0 Å². The highest BCUT2D eigenvalue weighted by molar-refractivity contribution is 7.12. The van der Waals surface area contributed by atoms with Gasteiger partial charge in [-0.05, 0) is 42.1 Å². The molecule has 146 valence electrons. The maximum Gasteiger partial charge on any atom is 0.338 e. The van der Waals surface area contributed by atoms with Crippen molar-refractivity contribution >= 4 is 63.7 Å². The summed E-state index contributed by atoms with van der Waals surface area (Å²) in [5.41, 5.74) is 0.993. The number of alkyl halides is 3. The molecule has 2 rings (SSSR count). The molecule has 0 radical (unpaired) electrons. The van der Waals surface area contributed by atoms with E-state index >= 15 is 0 Å². The van der Waals surface area contributed by atoms with Gasteiger partial charge in [-0.15, -0.1) is 11.3 Å². The van der Waals surface area contributed by atoms with Crippen LogP contribution in [0.3, 0.4) is 0 Å². The lowest BCUT2D eigenvalue weighted by molar-refractivity contribution is 0.0499. The summed E-state index contributed by atoms with van der Waals surface area (Å²) in [5.74, 6) is -0.746. The molecule has 0 saturated carbocycles. The Morgan fingerprint density at radius 2 is 1.89 bits per heavy atom. The number of benzene rings is 1. The average molecular weight is 450 g/mol. The summed E-state index contributed by atoms with van der Waals surface area (Å²) in [6.07, 6.45) is 0.797. The zero-order valence-corrected chi connectivity index (χ0v) is 17.6. The average Bonchev–Trinajstić information content (AvgIpc) is 3.16. The topological polar surface area (TPSA) is 67.4 Å². The van der Waals surface area contributed by atoms with Crippen molar-refractivity contribution in [1.29, 1.82) is 0 Å². The van der Waals surface area contributed by atoms with E-state index in [0.717, 1.165) is 12.8 Å². The van der Waals surface area contributed by atoms with Gasteiger partial charge in [-0.1, -0.05) is 54.2 Å². The third kappa shape index (κ3) is 6.88. The van der Waals surface area contributed by atoms with E-state index in [9.17, 15) is 9.59 Å². The molecule has 0 bridgehead atoms. The summed E-state index contributed by atoms with van der Waals surface area (Å²) < 4.78 is 3.37. The fourth-order valence-corrected chi connectivity index (χ4v) is 3.03. The van der Waals surface area contributed by atoms with Crippen molar-refractivity contribution in [3.8, 4) is 0 Å². The summed E-state index contributed by atoms with van der Waals surface area (Å²) in [6.45, 7) is 2.41. The summed E-state index contributed by atoms with van der Waals surface area (Å²) in [4.78, 5) is 24.7. The molecule has 1 aromatic carbocycles. The van der Waals surface area contributed by atoms with E-state index in [2.05, 4.69) is 10.6 Å². The number of carbonyl (C=O) groups is 2. The van der Waals surface area contributed by atoms with Crippen LogP contribution in [-0.2, 0) is 4.74 Å². The number of carbonyl (C=O) groups excluding carboxylic acids is 2. The predicted octanol–water partition coefficient (Wildman–Crippen LogP) is 5.24. The van der Waals surface area contributed by atoms with Crippen molar-refractivity contribution in [2.24, 2.45) is 0 Å². The van der Waals surface area contributed by atoms with Gasteiger partial charge in [-0.3, -0.25) is 4.79 Å². The zero-order valence-electron chi connectivity index (χ0n) is 14.5. The lowest BCUT2D eigenvalue weighted by Crippen LogP contribution is -2.48. The molecule has 0 unspecified atom stereocenters. The Morgan fingerprint density at radius 1 is 1.19 bits per heavy atom. The van der Waals surface area contributed by atoms with E-state index in [-0.39, 0.29) is 11.9 Å². The SMILES string of the molecule is CCCCOC(=O)c1ccc(N[C@H](NC(=O)c2cccs2)C(Cl)(Cl)Cl)cc1. The molecule has 0 spiro atoms. The van der Waals surface area contributed by atoms with Crippen LogP contribution in [0.1, 0.15) is 39.8 Å². The molecule has 0 aliphatic heterocycles. The standard InChI is InChI=1S/C18H19Cl3N2O3S/c1-2-3-10-26-16(25)12-6-8-13(9-7-12)22-17(18(19,20)21)23-15(24)14-5-4-11-27-14/h4-9,11,17,22H,2-3,10H2,1H3,(H,23,24)/t17-/m1/s1. The molecule has 5 nitrogen and oxygen atoms in total. The van der Waals surface area contributed by atoms with Gasteiger partial charge in [0.15, 0.2) is 0 Å². The van der Waals surface area contributed by atoms with Gasteiger partial charge in [0.25, 0.3) is 5.91 Å². The van der Waals surface area contributed by atoms with Crippen LogP contribution < -0.4 is 10.6 Å². The van der Waals surface area contributed by atoms with Crippen molar-refractivity contribution in [3.05, 3.63) is 52.2 Å². The van der Waals surface area contributed by atoms with Crippen LogP contribution >= 0.6 is 46.1 Å². The van der Waals surface area contributed by atoms with Crippen LogP contribution in [-0.4, -0.2) is 28.4 Å². The fourth-order valence-electron chi connectivity index (χ4n) is 2.07. The van der Waals surface area contributed by atoms with E-state index < -0.39 is 9.96 Å². The lowest BCUT2D eigenvalue weighted by atomic mass is 10.2. The number of hydrogen-bond donors (Lipinski definition) is 2. The molecule has 1 amide bonds. The number of amides is 1. The molecule has 0 saturated heterocycles. The Balaban J connectivity index is 2.02. The van der Waals surface area contributed by atoms with Gasteiger partial charge in [0.1, 0.15) is 6.17 Å². The largest absolute Gasteiger partial charge is 0.462 e. The summed E-state index contributed by atoms with van der Waals surface area (Å²) >= 11 is 19.3. The van der Waals surface area contributed by atoms with Crippen molar-refractivity contribution in [3.63, 3.8) is 0 Å². The van der Waals surface area contributed by atoms with E-state index in [4.69, 9.17) is 39.5 Å². The highest BCUT2D eigenvalue weighted by Crippen LogP contribution is 2.31. The van der Waals surface area contributed by atoms with Crippen molar-refractivity contribution in [2.75, 3.05) is 11.9 Å². The van der Waals surface area contributed by atoms with Gasteiger partial charge in [0.05, 0.1) is 17.0 Å². The number of thiophene rings is 1. The van der Waals surface area contributed by atoms with E-state index in [1.165, 1.54) is 11.3 Å². The number of halogens is 3. The van der Waals surface area contributed by atoms with Gasteiger partial charge >= 0.3 is 5.97 Å². The van der Waals surface area contributed by atoms with E-state index in [1.54, 1.807) is 41.8 Å². The quantitative estimate of drug-likeness (QED) is 0.250. The number of nitrogens with one attached hydrogen (secondary N) is 2. The van der Waals surface area contributed by atoms with Gasteiger partial charge in [-0.2, -0.15) is 0 Å². The first-order chi connectivity index (χ1) is 12.8. The molecule has 0 aliphatic carbocycles. The van der Waals surface area contributed by atoms with Gasteiger partial charge in [0, 0.05) is 5.69 Å². The zero-order chi connectivity index (χ0) is 19.9. The normalized spacial score (nSPS) is 12.3. The van der Waals surface area contributed by atoms with Crippen LogP contribution in [0.15, 0.2) is 41.8 Å². The van der Waals surface area contributed by atoms with Crippen LogP contribution in [0.4, 0.5) is 5.69 Å². The summed E-state index contributed by atoms with van der Waals surface area (Å²) in [6, 6.07) is 9.94. The number of anilines is 1. The fraction of sp³-hybridized carbons (Fsp3) is 0.333.